The minimum absolute atomic E-state index is 0.0242. The van der Waals surface area contributed by atoms with Crippen LogP contribution < -0.4 is 10.2 Å². The average molecular weight is 426 g/mol. The lowest BCUT2D eigenvalue weighted by Crippen LogP contribution is -2.45. The van der Waals surface area contributed by atoms with Gasteiger partial charge in [-0.3, -0.25) is 29.4 Å². The van der Waals surface area contributed by atoms with Gasteiger partial charge in [-0.25, -0.2) is 4.39 Å². The summed E-state index contributed by atoms with van der Waals surface area (Å²) in [5.41, 5.74) is -0.487. The molecule has 9 nitrogen and oxygen atoms in total. The summed E-state index contributed by atoms with van der Waals surface area (Å²) < 4.78 is 14.6. The number of fused-ring (bicyclic) bond motifs is 1. The first-order valence-corrected chi connectivity index (χ1v) is 9.81. The third kappa shape index (κ3) is 3.39. The fraction of sp³-hybridized carbons (Fsp3) is 0.286. The van der Waals surface area contributed by atoms with Crippen LogP contribution >= 0.6 is 0 Å². The predicted octanol–water partition coefficient (Wildman–Crippen LogP) is 2.96. The predicted molar refractivity (Wildman–Crippen MR) is 110 cm³/mol. The number of nitro groups is 1. The second-order valence-electron chi connectivity index (χ2n) is 7.43. The second-order valence-corrected chi connectivity index (χ2v) is 7.43. The highest BCUT2D eigenvalue weighted by molar-refractivity contribution is 6.25. The molecule has 0 saturated carbocycles. The molecule has 3 amide bonds. The van der Waals surface area contributed by atoms with E-state index in [0.29, 0.717) is 10.6 Å². The number of para-hydroxylation sites is 1. The minimum atomic E-state index is -1.31. The molecule has 2 aromatic rings. The average Bonchev–Trinajstić information content (AvgIpc) is 3.36. The molecule has 1 saturated heterocycles. The molecule has 0 bridgehead atoms. The van der Waals surface area contributed by atoms with Crippen LogP contribution in [0, 0.1) is 15.9 Å². The van der Waals surface area contributed by atoms with Gasteiger partial charge >= 0.3 is 0 Å². The maximum Gasteiger partial charge on any atom is 0.282 e. The number of anilines is 2. The number of nitro benzene ring substituents is 1. The lowest BCUT2D eigenvalue weighted by atomic mass is 10.1. The van der Waals surface area contributed by atoms with Crippen molar-refractivity contribution < 1.29 is 23.7 Å². The van der Waals surface area contributed by atoms with E-state index in [1.165, 1.54) is 25.1 Å². The molecule has 1 unspecified atom stereocenters. The Morgan fingerprint density at radius 3 is 2.48 bits per heavy atom. The molecular weight excluding hydrogens is 407 g/mol. The highest BCUT2D eigenvalue weighted by Crippen LogP contribution is 2.34. The number of amides is 3. The molecule has 160 valence electrons. The number of nitrogens with zero attached hydrogens (tertiary/aromatic N) is 3. The Hall–Kier alpha value is -3.82. The van der Waals surface area contributed by atoms with Gasteiger partial charge in [-0.1, -0.05) is 12.1 Å². The molecule has 0 spiro atoms. The summed E-state index contributed by atoms with van der Waals surface area (Å²) in [6.07, 6.45) is 1.91. The maximum atomic E-state index is 14.6. The van der Waals surface area contributed by atoms with E-state index in [0.717, 1.165) is 32.0 Å². The van der Waals surface area contributed by atoms with Gasteiger partial charge in [-0.05, 0) is 38.0 Å². The highest BCUT2D eigenvalue weighted by atomic mass is 19.1. The van der Waals surface area contributed by atoms with Crippen molar-refractivity contribution in [2.24, 2.45) is 0 Å². The summed E-state index contributed by atoms with van der Waals surface area (Å²) >= 11 is 0. The molecule has 1 fully saturated rings. The van der Waals surface area contributed by atoms with Gasteiger partial charge in [-0.2, -0.15) is 0 Å². The van der Waals surface area contributed by atoms with E-state index in [1.807, 2.05) is 4.90 Å². The van der Waals surface area contributed by atoms with Crippen molar-refractivity contribution in [3.8, 4) is 0 Å². The largest absolute Gasteiger partial charge is 0.370 e. The zero-order chi connectivity index (χ0) is 22.3. The van der Waals surface area contributed by atoms with Gasteiger partial charge in [0.2, 0.25) is 5.91 Å². The Balaban J connectivity index is 1.62. The summed E-state index contributed by atoms with van der Waals surface area (Å²) in [6, 6.07) is 6.88. The van der Waals surface area contributed by atoms with Crippen molar-refractivity contribution in [1.82, 2.24) is 4.90 Å². The molecule has 4 rings (SSSR count). The Morgan fingerprint density at radius 1 is 1.13 bits per heavy atom. The Bertz CT molecular complexity index is 1110. The molecule has 1 atom stereocenters. The number of halogens is 1. The SMILES string of the molecule is CC(C(=O)Nc1c(F)cccc1N1CCCC1)N1C(=O)c2cccc([N+](=O)[O-])c2C1=O. The topological polar surface area (TPSA) is 113 Å². The molecule has 2 aliphatic heterocycles. The molecule has 0 aromatic heterocycles. The zero-order valence-electron chi connectivity index (χ0n) is 16.6. The Morgan fingerprint density at radius 2 is 1.81 bits per heavy atom. The molecule has 31 heavy (non-hydrogen) atoms. The summed E-state index contributed by atoms with van der Waals surface area (Å²) in [6.45, 7) is 2.77. The molecule has 10 heteroatoms. The molecule has 0 radical (unpaired) electrons. The van der Waals surface area contributed by atoms with Crippen LogP contribution in [0.3, 0.4) is 0 Å². The normalized spacial score (nSPS) is 16.5. The van der Waals surface area contributed by atoms with Crippen LogP contribution in [0.1, 0.15) is 40.5 Å². The first-order chi connectivity index (χ1) is 14.8. The number of rotatable bonds is 5. The summed E-state index contributed by atoms with van der Waals surface area (Å²) in [4.78, 5) is 51.6. The van der Waals surface area contributed by atoms with Crippen LogP contribution in [-0.4, -0.2) is 46.7 Å². The van der Waals surface area contributed by atoms with E-state index in [2.05, 4.69) is 5.32 Å². The van der Waals surface area contributed by atoms with Crippen LogP contribution in [0.4, 0.5) is 21.5 Å². The van der Waals surface area contributed by atoms with Crippen molar-refractivity contribution in [2.45, 2.75) is 25.8 Å². The van der Waals surface area contributed by atoms with Gasteiger partial charge in [0.15, 0.2) is 0 Å². The molecule has 2 heterocycles. The number of nitrogens with one attached hydrogen (secondary N) is 1. The van der Waals surface area contributed by atoms with E-state index in [1.54, 1.807) is 12.1 Å². The quantitative estimate of drug-likeness (QED) is 0.447. The van der Waals surface area contributed by atoms with Gasteiger partial charge < -0.3 is 10.2 Å². The summed E-state index contributed by atoms with van der Waals surface area (Å²) in [5.74, 6) is -3.14. The second kappa shape index (κ2) is 7.78. The third-order valence-corrected chi connectivity index (χ3v) is 5.57. The summed E-state index contributed by atoms with van der Waals surface area (Å²) in [7, 11) is 0. The number of hydrogen-bond acceptors (Lipinski definition) is 6. The first-order valence-electron chi connectivity index (χ1n) is 9.81. The van der Waals surface area contributed by atoms with E-state index in [-0.39, 0.29) is 16.8 Å². The number of carbonyl (C=O) groups excluding carboxylic acids is 3. The molecular formula is C21H19FN4O5. The smallest absolute Gasteiger partial charge is 0.282 e. The number of benzene rings is 2. The van der Waals surface area contributed by atoms with Crippen molar-refractivity contribution >= 4 is 34.8 Å². The highest BCUT2D eigenvalue weighted by Gasteiger charge is 2.45. The monoisotopic (exact) mass is 426 g/mol. The fourth-order valence-electron chi connectivity index (χ4n) is 3.99. The number of hydrogen-bond donors (Lipinski definition) is 1. The van der Waals surface area contributed by atoms with Crippen LogP contribution in [0.25, 0.3) is 0 Å². The number of imide groups is 1. The maximum absolute atomic E-state index is 14.6. The van der Waals surface area contributed by atoms with E-state index >= 15 is 0 Å². The van der Waals surface area contributed by atoms with Crippen molar-refractivity contribution in [3.63, 3.8) is 0 Å². The van der Waals surface area contributed by atoms with Gasteiger partial charge in [-0.15, -0.1) is 0 Å². The van der Waals surface area contributed by atoms with Crippen LogP contribution in [0.15, 0.2) is 36.4 Å². The minimum Gasteiger partial charge on any atom is -0.370 e. The molecule has 0 aliphatic carbocycles. The fourth-order valence-corrected chi connectivity index (χ4v) is 3.99. The van der Waals surface area contributed by atoms with E-state index in [4.69, 9.17) is 0 Å². The van der Waals surface area contributed by atoms with Gasteiger partial charge in [0, 0.05) is 19.2 Å². The third-order valence-electron chi connectivity index (χ3n) is 5.57. The van der Waals surface area contributed by atoms with Crippen molar-refractivity contribution in [2.75, 3.05) is 23.3 Å². The van der Waals surface area contributed by atoms with Crippen molar-refractivity contribution in [3.05, 3.63) is 63.5 Å². The van der Waals surface area contributed by atoms with Crippen LogP contribution in [0.2, 0.25) is 0 Å². The van der Waals surface area contributed by atoms with Gasteiger partial charge in [0.1, 0.15) is 23.1 Å². The van der Waals surface area contributed by atoms with Gasteiger partial charge in [0.05, 0.1) is 16.2 Å². The lowest BCUT2D eigenvalue weighted by Gasteiger charge is -2.25. The van der Waals surface area contributed by atoms with Crippen molar-refractivity contribution in [1.29, 1.82) is 0 Å². The first kappa shape index (κ1) is 20.5. The Labute approximate surface area is 176 Å². The van der Waals surface area contributed by atoms with Crippen LogP contribution in [0.5, 0.6) is 0 Å². The number of carbonyl (C=O) groups is 3. The zero-order valence-corrected chi connectivity index (χ0v) is 16.6. The van der Waals surface area contributed by atoms with Crippen LogP contribution in [-0.2, 0) is 4.79 Å². The Kier molecular flexibility index (Phi) is 5.14. The standard InChI is InChI=1S/C21H19FN4O5/c1-12(25-20(28)13-6-4-8-15(26(30)31)17(13)21(25)29)19(27)23-18-14(22)7-5-9-16(18)24-10-2-3-11-24/h4-9,12H,2-3,10-11H2,1H3,(H,23,27). The summed E-state index contributed by atoms with van der Waals surface area (Å²) in [5, 5.41) is 13.8. The lowest BCUT2D eigenvalue weighted by molar-refractivity contribution is -0.385. The molecule has 1 N–H and O–H groups in total. The van der Waals surface area contributed by atoms with E-state index in [9.17, 15) is 28.9 Å². The molecule has 2 aromatic carbocycles. The molecule has 2 aliphatic rings. The van der Waals surface area contributed by atoms with E-state index < -0.39 is 40.2 Å². The van der Waals surface area contributed by atoms with Gasteiger partial charge in [0.25, 0.3) is 17.5 Å².